The van der Waals surface area contributed by atoms with Crippen molar-refractivity contribution in [2.24, 2.45) is 0 Å². The van der Waals surface area contributed by atoms with Crippen molar-refractivity contribution in [1.29, 1.82) is 0 Å². The van der Waals surface area contributed by atoms with E-state index in [4.69, 9.17) is 18.5 Å². The number of phosphoric ester groups is 1. The average Bonchev–Trinajstić information content (AvgIpc) is 3.42. The zero-order valence-electron chi connectivity index (χ0n) is 52.0. The molecule has 0 radical (unpaired) electrons. The highest BCUT2D eigenvalue weighted by atomic mass is 31.2. The molecule has 0 heterocycles. The molecule has 2 unspecified atom stereocenters. The van der Waals surface area contributed by atoms with Crippen LogP contribution in [0.2, 0.25) is 0 Å². The van der Waals surface area contributed by atoms with Crippen molar-refractivity contribution in [2.75, 3.05) is 47.5 Å². The highest BCUT2D eigenvalue weighted by molar-refractivity contribution is 7.45. The minimum Gasteiger partial charge on any atom is -0.756 e. The number of rotatable bonds is 58. The molecule has 0 saturated heterocycles. The van der Waals surface area contributed by atoms with E-state index in [1.807, 2.05) is 21.1 Å². The Morgan fingerprint density at radius 3 is 1.06 bits per heavy atom. The molecular formula is C70H120NO8P. The summed E-state index contributed by atoms with van der Waals surface area (Å²) in [6, 6.07) is 0. The summed E-state index contributed by atoms with van der Waals surface area (Å²) in [5.74, 6) is -0.845. The molecule has 10 heteroatoms. The molecule has 2 atom stereocenters. The molecule has 458 valence electrons. The van der Waals surface area contributed by atoms with Gasteiger partial charge < -0.3 is 27.9 Å². The molecule has 0 aromatic carbocycles. The second-order valence-electron chi connectivity index (χ2n) is 22.4. The van der Waals surface area contributed by atoms with Gasteiger partial charge in [0.25, 0.3) is 7.82 Å². The van der Waals surface area contributed by atoms with Crippen molar-refractivity contribution < 1.29 is 42.1 Å². The van der Waals surface area contributed by atoms with E-state index in [9.17, 15) is 19.0 Å². The molecule has 0 aliphatic carbocycles. The van der Waals surface area contributed by atoms with Crippen LogP contribution in [-0.2, 0) is 32.7 Å². The van der Waals surface area contributed by atoms with Crippen molar-refractivity contribution in [2.45, 2.75) is 264 Å². The van der Waals surface area contributed by atoms with Gasteiger partial charge in [-0.2, -0.15) is 0 Å². The number of nitrogens with zero attached hydrogens (tertiary/aromatic N) is 1. The van der Waals surface area contributed by atoms with E-state index in [2.05, 4.69) is 135 Å². The molecule has 0 amide bonds. The highest BCUT2D eigenvalue weighted by Gasteiger charge is 2.22. The third-order valence-corrected chi connectivity index (χ3v) is 14.4. The Labute approximate surface area is 492 Å². The van der Waals surface area contributed by atoms with E-state index >= 15 is 0 Å². The monoisotopic (exact) mass is 1130 g/mol. The number of phosphoric acid groups is 1. The van der Waals surface area contributed by atoms with Crippen LogP contribution >= 0.6 is 7.82 Å². The minimum atomic E-state index is -4.65. The van der Waals surface area contributed by atoms with E-state index < -0.39 is 32.5 Å². The lowest BCUT2D eigenvalue weighted by molar-refractivity contribution is -0.870. The number of carbonyl (C=O) groups is 2. The Bertz CT molecular complexity index is 1760. The molecule has 0 aliphatic rings. The fourth-order valence-electron chi connectivity index (χ4n) is 8.53. The molecule has 0 aromatic rings. The topological polar surface area (TPSA) is 111 Å². The fraction of sp³-hybridized carbons (Fsp3) is 0.686. The van der Waals surface area contributed by atoms with Crippen molar-refractivity contribution in [3.8, 4) is 0 Å². The van der Waals surface area contributed by atoms with Gasteiger partial charge in [-0.05, 0) is 109 Å². The van der Waals surface area contributed by atoms with Gasteiger partial charge in [-0.25, -0.2) is 0 Å². The summed E-state index contributed by atoms with van der Waals surface area (Å²) < 4.78 is 34.2. The van der Waals surface area contributed by atoms with Crippen LogP contribution in [0.15, 0.2) is 122 Å². The van der Waals surface area contributed by atoms with Gasteiger partial charge in [0.15, 0.2) is 6.10 Å². The van der Waals surface area contributed by atoms with Gasteiger partial charge in [-0.3, -0.25) is 14.2 Å². The number of esters is 2. The Balaban J connectivity index is 4.14. The number of quaternary nitrogens is 1. The minimum absolute atomic E-state index is 0.0377. The summed E-state index contributed by atoms with van der Waals surface area (Å²) in [5.41, 5.74) is 0. The second-order valence-corrected chi connectivity index (χ2v) is 23.8. The number of hydrogen-bond donors (Lipinski definition) is 0. The van der Waals surface area contributed by atoms with Crippen molar-refractivity contribution in [1.82, 2.24) is 0 Å². The van der Waals surface area contributed by atoms with E-state index in [1.54, 1.807) is 0 Å². The number of carbonyl (C=O) groups excluding carboxylic acids is 2. The average molecular weight is 1130 g/mol. The SMILES string of the molecule is CC/C=C\C/C=C\C/C=C\C/C=C\C/C=C\C/C=C\C/C=C\C/C=C\CCCCCCCCCCCCC(=O)OC(COC(=O)CCCCCCCCCCC/C=C\C/C=C\CCCCCCC)COP(=O)([O-])OCC[N+](C)(C)C. The van der Waals surface area contributed by atoms with E-state index in [-0.39, 0.29) is 26.1 Å². The summed E-state index contributed by atoms with van der Waals surface area (Å²) >= 11 is 0. The van der Waals surface area contributed by atoms with E-state index in [0.717, 1.165) is 116 Å². The zero-order valence-corrected chi connectivity index (χ0v) is 52.9. The van der Waals surface area contributed by atoms with Crippen LogP contribution in [0.5, 0.6) is 0 Å². The first-order valence-electron chi connectivity index (χ1n) is 32.2. The standard InChI is InChI=1S/C70H120NO8P/c1-6-8-10-12-14-16-18-20-22-24-26-28-29-30-31-32-33-34-35-36-37-38-39-40-41-43-45-47-49-51-53-55-57-59-61-63-70(73)79-68(67-78-80(74,75)77-65-64-71(3,4)5)66-76-69(72)62-60-58-56-54-52-50-48-46-44-42-27-25-23-21-19-17-15-13-11-9-7-2/h8,10,14,16,19-22,25-28,30-31,33-34,36-37,39-40,68H,6-7,9,11-13,15,17-18,23-24,29,32,35,38,41-67H2,1-5H3/b10-8-,16-14-,21-19-,22-20-,27-25-,28-26-,31-30-,34-33-,37-36-,40-39-. The molecule has 0 rings (SSSR count). The van der Waals surface area contributed by atoms with Crippen molar-refractivity contribution in [3.05, 3.63) is 122 Å². The summed E-state index contributed by atoms with van der Waals surface area (Å²) in [6.07, 6.45) is 85.4. The fourth-order valence-corrected chi connectivity index (χ4v) is 9.25. The Morgan fingerprint density at radius 1 is 0.400 bits per heavy atom. The molecule has 0 aliphatic heterocycles. The molecule has 0 bridgehead atoms. The van der Waals surface area contributed by atoms with Crippen LogP contribution in [0.1, 0.15) is 258 Å². The van der Waals surface area contributed by atoms with Crippen LogP contribution in [0.25, 0.3) is 0 Å². The quantitative estimate of drug-likeness (QED) is 0.0195. The largest absolute Gasteiger partial charge is 0.756 e. The van der Waals surface area contributed by atoms with Crippen LogP contribution in [0.3, 0.4) is 0 Å². The molecule has 80 heavy (non-hydrogen) atoms. The van der Waals surface area contributed by atoms with Crippen LogP contribution < -0.4 is 4.89 Å². The Hall–Kier alpha value is -3.59. The van der Waals surface area contributed by atoms with Gasteiger partial charge in [0.2, 0.25) is 0 Å². The smallest absolute Gasteiger partial charge is 0.306 e. The summed E-state index contributed by atoms with van der Waals surface area (Å²) in [5, 5.41) is 0. The molecule has 0 N–H and O–H groups in total. The number of allylic oxidation sites excluding steroid dienone is 20. The number of ether oxygens (including phenoxy) is 2. The molecule has 0 aromatic heterocycles. The Morgan fingerprint density at radius 2 is 0.713 bits per heavy atom. The lowest BCUT2D eigenvalue weighted by Gasteiger charge is -2.28. The van der Waals surface area contributed by atoms with Crippen molar-refractivity contribution in [3.63, 3.8) is 0 Å². The van der Waals surface area contributed by atoms with Gasteiger partial charge in [-0.1, -0.05) is 257 Å². The second kappa shape index (κ2) is 60.0. The zero-order chi connectivity index (χ0) is 58.4. The molecule has 0 spiro atoms. The number of hydrogen-bond acceptors (Lipinski definition) is 8. The molecule has 9 nitrogen and oxygen atoms in total. The van der Waals surface area contributed by atoms with E-state index in [1.165, 1.54) is 109 Å². The molecule has 0 saturated carbocycles. The first kappa shape index (κ1) is 76.4. The van der Waals surface area contributed by atoms with Crippen LogP contribution in [-0.4, -0.2) is 70.0 Å². The predicted octanol–water partition coefficient (Wildman–Crippen LogP) is 20.1. The third-order valence-electron chi connectivity index (χ3n) is 13.5. The maximum absolute atomic E-state index is 12.8. The Kier molecular flexibility index (Phi) is 57.3. The number of unbranched alkanes of at least 4 members (excludes halogenated alkanes) is 24. The van der Waals surface area contributed by atoms with Gasteiger partial charge in [-0.15, -0.1) is 0 Å². The molecule has 0 fully saturated rings. The summed E-state index contributed by atoms with van der Waals surface area (Å²) in [4.78, 5) is 38.0. The van der Waals surface area contributed by atoms with E-state index in [0.29, 0.717) is 17.4 Å². The maximum Gasteiger partial charge on any atom is 0.306 e. The van der Waals surface area contributed by atoms with Crippen LogP contribution in [0.4, 0.5) is 0 Å². The molecular weight excluding hydrogens is 1010 g/mol. The lowest BCUT2D eigenvalue weighted by Crippen LogP contribution is -2.37. The summed E-state index contributed by atoms with van der Waals surface area (Å²) in [7, 11) is 1.15. The van der Waals surface area contributed by atoms with Gasteiger partial charge >= 0.3 is 11.9 Å². The normalized spacial score (nSPS) is 14.0. The van der Waals surface area contributed by atoms with Gasteiger partial charge in [0.05, 0.1) is 27.7 Å². The lowest BCUT2D eigenvalue weighted by atomic mass is 10.0. The summed E-state index contributed by atoms with van der Waals surface area (Å²) in [6.45, 7) is 4.11. The predicted molar refractivity (Wildman–Crippen MR) is 341 cm³/mol. The van der Waals surface area contributed by atoms with Crippen LogP contribution in [0, 0.1) is 0 Å². The van der Waals surface area contributed by atoms with Gasteiger partial charge in [0, 0.05) is 12.8 Å². The first-order valence-corrected chi connectivity index (χ1v) is 33.7. The third kappa shape index (κ3) is 63.6. The highest BCUT2D eigenvalue weighted by Crippen LogP contribution is 2.38. The van der Waals surface area contributed by atoms with Gasteiger partial charge in [0.1, 0.15) is 19.8 Å². The maximum atomic E-state index is 12.8. The number of likely N-dealkylation sites (N-methyl/N-ethyl adjacent to an activating group) is 1. The van der Waals surface area contributed by atoms with Crippen molar-refractivity contribution >= 4 is 19.8 Å². The first-order chi connectivity index (χ1) is 39.0.